The molecule has 0 fully saturated rings. The molecule has 35 heavy (non-hydrogen) atoms. The van der Waals surface area contributed by atoms with E-state index in [0.717, 1.165) is 33.9 Å². The van der Waals surface area contributed by atoms with Gasteiger partial charge < -0.3 is 16.0 Å². The van der Waals surface area contributed by atoms with Gasteiger partial charge in [0.2, 0.25) is 0 Å². The summed E-state index contributed by atoms with van der Waals surface area (Å²) in [5.74, 6) is 0.265. The van der Waals surface area contributed by atoms with Crippen LogP contribution in [-0.4, -0.2) is 20.3 Å². The number of anilines is 4. The van der Waals surface area contributed by atoms with E-state index in [1.54, 1.807) is 12.1 Å². The number of aromatic nitrogens is 3. The van der Waals surface area contributed by atoms with Crippen molar-refractivity contribution in [3.8, 4) is 22.5 Å². The van der Waals surface area contributed by atoms with Crippen LogP contribution in [0.3, 0.4) is 0 Å². The Labute approximate surface area is 210 Å². The van der Waals surface area contributed by atoms with Crippen LogP contribution in [0.4, 0.5) is 26.7 Å². The van der Waals surface area contributed by atoms with Crippen molar-refractivity contribution >= 4 is 51.0 Å². The predicted octanol–water partition coefficient (Wildman–Crippen LogP) is 6.96. The number of rotatable bonds is 6. The molecule has 0 atom stereocenters. The van der Waals surface area contributed by atoms with E-state index in [2.05, 4.69) is 31.1 Å². The normalized spacial score (nSPS) is 10.5. The molecule has 3 aromatic carbocycles. The second kappa shape index (κ2) is 10.4. The van der Waals surface area contributed by atoms with Crippen LogP contribution in [-0.2, 0) is 0 Å². The maximum Gasteiger partial charge on any atom is 0.187 e. The number of benzene rings is 3. The molecule has 2 heterocycles. The van der Waals surface area contributed by atoms with Crippen LogP contribution in [0.25, 0.3) is 22.5 Å². The molecule has 0 saturated heterocycles. The van der Waals surface area contributed by atoms with Crippen LogP contribution in [0.2, 0.25) is 0 Å². The van der Waals surface area contributed by atoms with E-state index < -0.39 is 0 Å². The fourth-order valence-electron chi connectivity index (χ4n) is 3.33. The molecule has 0 spiro atoms. The van der Waals surface area contributed by atoms with Gasteiger partial charge in [0, 0.05) is 16.5 Å². The second-order valence-corrected chi connectivity index (χ2v) is 8.73. The number of nitrogens with zero attached hydrogens (tertiary/aromatic N) is 3. The Morgan fingerprint density at radius 3 is 2.17 bits per heavy atom. The minimum Gasteiger partial charge on any atom is -0.331 e. The molecule has 0 aliphatic heterocycles. The van der Waals surface area contributed by atoms with E-state index >= 15 is 0 Å². The molecule has 2 aromatic heterocycles. The van der Waals surface area contributed by atoms with Gasteiger partial charge in [-0.25, -0.2) is 9.37 Å². The van der Waals surface area contributed by atoms with Gasteiger partial charge in [0.05, 0.1) is 22.8 Å². The van der Waals surface area contributed by atoms with Crippen LogP contribution >= 0.6 is 23.6 Å². The van der Waals surface area contributed by atoms with E-state index in [1.807, 2.05) is 72.1 Å². The highest BCUT2D eigenvalue weighted by Gasteiger charge is 2.09. The fraction of sp³-hybridized carbons (Fsp3) is 0. The molecular formula is C26H19FN6S2. The molecule has 0 aliphatic rings. The maximum absolute atomic E-state index is 13.2. The van der Waals surface area contributed by atoms with Crippen molar-refractivity contribution in [3.63, 3.8) is 0 Å². The highest BCUT2D eigenvalue weighted by molar-refractivity contribution is 7.80. The standard InChI is InChI=1S/C26H19FN6S2/c27-19-12-10-18(11-13-19)23-16-35-26(30-23)29-22-9-5-4-8-21(22)28-25(34)31-24-15-14-20(32-33-24)17-6-2-1-3-7-17/h1-16H,(H,29,30)(H2,28,31,33,34). The van der Waals surface area contributed by atoms with E-state index in [1.165, 1.54) is 23.5 Å². The summed E-state index contributed by atoms with van der Waals surface area (Å²) in [6, 6.07) is 27.5. The van der Waals surface area contributed by atoms with Gasteiger partial charge in [0.1, 0.15) is 5.82 Å². The van der Waals surface area contributed by atoms with Crippen molar-refractivity contribution in [1.82, 2.24) is 15.2 Å². The second-order valence-electron chi connectivity index (χ2n) is 7.46. The molecule has 0 bridgehead atoms. The van der Waals surface area contributed by atoms with Gasteiger partial charge in [-0.2, -0.15) is 0 Å². The summed E-state index contributed by atoms with van der Waals surface area (Å²) in [5.41, 5.74) is 4.99. The number of para-hydroxylation sites is 2. The number of nitrogens with one attached hydrogen (secondary N) is 3. The number of thiazole rings is 1. The Hall–Kier alpha value is -4.21. The molecule has 0 unspecified atom stereocenters. The Bertz CT molecular complexity index is 1440. The monoisotopic (exact) mass is 498 g/mol. The first kappa shape index (κ1) is 22.6. The van der Waals surface area contributed by atoms with Gasteiger partial charge in [-0.05, 0) is 60.7 Å². The smallest absolute Gasteiger partial charge is 0.187 e. The summed E-state index contributed by atoms with van der Waals surface area (Å²) >= 11 is 6.95. The molecule has 172 valence electrons. The lowest BCUT2D eigenvalue weighted by molar-refractivity contribution is 0.628. The zero-order chi connectivity index (χ0) is 24.0. The van der Waals surface area contributed by atoms with E-state index in [9.17, 15) is 4.39 Å². The molecule has 3 N–H and O–H groups in total. The van der Waals surface area contributed by atoms with E-state index in [-0.39, 0.29) is 5.82 Å². The van der Waals surface area contributed by atoms with Crippen LogP contribution in [0.1, 0.15) is 0 Å². The van der Waals surface area contributed by atoms with E-state index in [0.29, 0.717) is 16.1 Å². The fourth-order valence-corrected chi connectivity index (χ4v) is 4.28. The molecule has 5 aromatic rings. The molecule has 0 amide bonds. The van der Waals surface area contributed by atoms with Gasteiger partial charge in [-0.3, -0.25) is 0 Å². The lowest BCUT2D eigenvalue weighted by Crippen LogP contribution is -2.20. The Morgan fingerprint density at radius 1 is 0.714 bits per heavy atom. The molecule has 6 nitrogen and oxygen atoms in total. The van der Waals surface area contributed by atoms with Crippen molar-refractivity contribution in [2.75, 3.05) is 16.0 Å². The summed E-state index contributed by atoms with van der Waals surface area (Å²) in [5, 5.41) is 21.1. The number of halogens is 1. The number of thiocarbonyl (C=S) groups is 1. The third-order valence-corrected chi connectivity index (χ3v) is 6.00. The zero-order valence-electron chi connectivity index (χ0n) is 18.3. The quantitative estimate of drug-likeness (QED) is 0.219. The van der Waals surface area contributed by atoms with Crippen LogP contribution in [0.15, 0.2) is 96.4 Å². The third kappa shape index (κ3) is 5.65. The Balaban J connectivity index is 1.25. The third-order valence-electron chi connectivity index (χ3n) is 5.04. The van der Waals surface area contributed by atoms with Crippen molar-refractivity contribution in [2.45, 2.75) is 0 Å². The summed E-state index contributed by atoms with van der Waals surface area (Å²) in [6.07, 6.45) is 0. The molecule has 5 rings (SSSR count). The first-order valence-corrected chi connectivity index (χ1v) is 12.0. The zero-order valence-corrected chi connectivity index (χ0v) is 19.9. The molecule has 0 saturated carbocycles. The highest BCUT2D eigenvalue weighted by Crippen LogP contribution is 2.30. The van der Waals surface area contributed by atoms with Gasteiger partial charge in [0.15, 0.2) is 16.1 Å². The summed E-state index contributed by atoms with van der Waals surface area (Å²) in [7, 11) is 0. The topological polar surface area (TPSA) is 74.8 Å². The van der Waals surface area contributed by atoms with E-state index in [4.69, 9.17) is 12.2 Å². The van der Waals surface area contributed by atoms with Crippen molar-refractivity contribution < 1.29 is 4.39 Å². The molecule has 9 heteroatoms. The average molecular weight is 499 g/mol. The summed E-state index contributed by atoms with van der Waals surface area (Å²) in [6.45, 7) is 0. The van der Waals surface area contributed by atoms with Crippen molar-refractivity contribution in [2.24, 2.45) is 0 Å². The molecule has 0 radical (unpaired) electrons. The van der Waals surface area contributed by atoms with Crippen molar-refractivity contribution in [3.05, 3.63) is 102 Å². The van der Waals surface area contributed by atoms with Crippen LogP contribution in [0.5, 0.6) is 0 Å². The summed E-state index contributed by atoms with van der Waals surface area (Å²) < 4.78 is 13.2. The lowest BCUT2D eigenvalue weighted by atomic mass is 10.1. The van der Waals surface area contributed by atoms with Gasteiger partial charge >= 0.3 is 0 Å². The first-order valence-electron chi connectivity index (χ1n) is 10.7. The number of hydrogen-bond acceptors (Lipinski definition) is 6. The minimum absolute atomic E-state index is 0.273. The van der Waals surface area contributed by atoms with Crippen LogP contribution < -0.4 is 16.0 Å². The summed E-state index contributed by atoms with van der Waals surface area (Å²) in [4.78, 5) is 4.62. The highest BCUT2D eigenvalue weighted by atomic mass is 32.1. The molecular weight excluding hydrogens is 479 g/mol. The lowest BCUT2D eigenvalue weighted by Gasteiger charge is -2.14. The van der Waals surface area contributed by atoms with Gasteiger partial charge in [-0.15, -0.1) is 21.5 Å². The maximum atomic E-state index is 13.2. The SMILES string of the molecule is Fc1ccc(-c2csc(Nc3ccccc3NC(=S)Nc3ccc(-c4ccccc4)nn3)n2)cc1. The Morgan fingerprint density at radius 2 is 1.43 bits per heavy atom. The number of hydrogen-bond donors (Lipinski definition) is 3. The van der Waals surface area contributed by atoms with Gasteiger partial charge in [0.25, 0.3) is 0 Å². The first-order chi connectivity index (χ1) is 17.1. The minimum atomic E-state index is -0.273. The largest absolute Gasteiger partial charge is 0.331 e. The van der Waals surface area contributed by atoms with Crippen LogP contribution in [0, 0.1) is 5.82 Å². The molecule has 0 aliphatic carbocycles. The Kier molecular flexibility index (Phi) is 6.69. The van der Waals surface area contributed by atoms with Crippen molar-refractivity contribution in [1.29, 1.82) is 0 Å². The predicted molar refractivity (Wildman–Crippen MR) is 145 cm³/mol. The van der Waals surface area contributed by atoms with Gasteiger partial charge in [-0.1, -0.05) is 42.5 Å². The average Bonchev–Trinajstić information content (AvgIpc) is 3.35.